The number of aromatic nitrogens is 1. The van der Waals surface area contributed by atoms with E-state index in [1.165, 1.54) is 5.56 Å². The summed E-state index contributed by atoms with van der Waals surface area (Å²) in [6.07, 6.45) is 1.86. The van der Waals surface area contributed by atoms with E-state index in [0.29, 0.717) is 18.1 Å². The fourth-order valence-electron chi connectivity index (χ4n) is 3.21. The van der Waals surface area contributed by atoms with Crippen LogP contribution in [0.2, 0.25) is 5.02 Å². The average Bonchev–Trinajstić information content (AvgIpc) is 2.76. The van der Waals surface area contributed by atoms with Gasteiger partial charge in [0.15, 0.2) is 5.96 Å². The number of benzene rings is 1. The standard InChI is InChI=1S/C22H31ClN6O/c1-17(30-20-6-4-19(23)5-7-20)15-26-22(24-2)27-16-18-8-9-25-21(14-18)29-12-10-28(3)11-13-29/h4-9,14,17H,10-13,15-16H2,1-3H3,(H2,24,26,27). The second kappa shape index (κ2) is 11.0. The van der Waals surface area contributed by atoms with Gasteiger partial charge in [-0.05, 0) is 55.9 Å². The highest BCUT2D eigenvalue weighted by atomic mass is 35.5. The Kier molecular flexibility index (Phi) is 8.16. The normalized spacial score (nSPS) is 16.3. The Bertz CT molecular complexity index is 821. The van der Waals surface area contributed by atoms with Crippen molar-refractivity contribution in [1.82, 2.24) is 20.5 Å². The van der Waals surface area contributed by atoms with Gasteiger partial charge in [-0.1, -0.05) is 11.6 Å². The van der Waals surface area contributed by atoms with Crippen LogP contribution in [0, 0.1) is 0 Å². The summed E-state index contributed by atoms with van der Waals surface area (Å²) in [7, 11) is 3.92. The number of ether oxygens (including phenoxy) is 1. The zero-order valence-electron chi connectivity index (χ0n) is 17.9. The van der Waals surface area contributed by atoms with Gasteiger partial charge in [0.05, 0.1) is 6.54 Å². The van der Waals surface area contributed by atoms with Crippen molar-refractivity contribution in [2.75, 3.05) is 51.7 Å². The molecule has 0 amide bonds. The molecule has 0 spiro atoms. The highest BCUT2D eigenvalue weighted by molar-refractivity contribution is 6.30. The third-order valence-electron chi connectivity index (χ3n) is 5.03. The Morgan fingerprint density at radius 1 is 1.17 bits per heavy atom. The molecular weight excluding hydrogens is 400 g/mol. The van der Waals surface area contributed by atoms with Crippen LogP contribution in [0.15, 0.2) is 47.6 Å². The number of halogens is 1. The molecular formula is C22H31ClN6O. The monoisotopic (exact) mass is 430 g/mol. The lowest BCUT2D eigenvalue weighted by Crippen LogP contribution is -2.44. The number of hydrogen-bond acceptors (Lipinski definition) is 5. The van der Waals surface area contributed by atoms with Gasteiger partial charge in [-0.15, -0.1) is 0 Å². The molecule has 2 heterocycles. The average molecular weight is 431 g/mol. The van der Waals surface area contributed by atoms with Crippen LogP contribution in [0.5, 0.6) is 5.75 Å². The Morgan fingerprint density at radius 3 is 2.60 bits per heavy atom. The van der Waals surface area contributed by atoms with Gasteiger partial charge in [-0.25, -0.2) is 4.98 Å². The predicted molar refractivity (Wildman–Crippen MR) is 124 cm³/mol. The van der Waals surface area contributed by atoms with E-state index >= 15 is 0 Å². The lowest BCUT2D eigenvalue weighted by molar-refractivity contribution is 0.224. The molecule has 1 fully saturated rings. The van der Waals surface area contributed by atoms with Crippen LogP contribution in [-0.4, -0.2) is 68.8 Å². The number of nitrogens with one attached hydrogen (secondary N) is 2. The largest absolute Gasteiger partial charge is 0.489 e. The maximum atomic E-state index is 5.91. The van der Waals surface area contributed by atoms with Gasteiger partial charge >= 0.3 is 0 Å². The van der Waals surface area contributed by atoms with Gasteiger partial charge in [0, 0.05) is 51.0 Å². The lowest BCUT2D eigenvalue weighted by Gasteiger charge is -2.33. The molecule has 0 aliphatic carbocycles. The van der Waals surface area contributed by atoms with Crippen LogP contribution < -0.4 is 20.3 Å². The summed E-state index contributed by atoms with van der Waals surface area (Å²) in [5.41, 5.74) is 1.17. The van der Waals surface area contributed by atoms with Crippen molar-refractivity contribution < 1.29 is 4.74 Å². The number of hydrogen-bond donors (Lipinski definition) is 2. The molecule has 2 aromatic rings. The molecule has 3 rings (SSSR count). The minimum Gasteiger partial charge on any atom is -0.489 e. The highest BCUT2D eigenvalue weighted by Gasteiger charge is 2.15. The van der Waals surface area contributed by atoms with Crippen molar-refractivity contribution in [2.24, 2.45) is 4.99 Å². The molecule has 1 aliphatic heterocycles. The lowest BCUT2D eigenvalue weighted by atomic mass is 10.2. The van der Waals surface area contributed by atoms with Crippen LogP contribution in [0.25, 0.3) is 0 Å². The molecule has 0 saturated carbocycles. The van der Waals surface area contributed by atoms with Gasteiger partial charge in [0.25, 0.3) is 0 Å². The van der Waals surface area contributed by atoms with Gasteiger partial charge in [-0.2, -0.15) is 0 Å². The maximum absolute atomic E-state index is 5.91. The first-order valence-electron chi connectivity index (χ1n) is 10.3. The topological polar surface area (TPSA) is 65.0 Å². The third kappa shape index (κ3) is 6.78. The molecule has 0 radical (unpaired) electrons. The SMILES string of the molecule is CN=C(NCc1ccnc(N2CCN(C)CC2)c1)NCC(C)Oc1ccc(Cl)cc1. The fraction of sp³-hybridized carbons (Fsp3) is 0.455. The minimum absolute atomic E-state index is 0.0190. The first-order valence-corrected chi connectivity index (χ1v) is 10.7. The van der Waals surface area contributed by atoms with Gasteiger partial charge < -0.3 is 25.2 Å². The van der Waals surface area contributed by atoms with E-state index in [-0.39, 0.29) is 6.10 Å². The summed E-state index contributed by atoms with van der Waals surface area (Å²) < 4.78 is 5.90. The number of nitrogens with zero attached hydrogens (tertiary/aromatic N) is 4. The van der Waals surface area contributed by atoms with E-state index in [4.69, 9.17) is 16.3 Å². The Labute approximate surface area is 184 Å². The Morgan fingerprint density at radius 2 is 1.90 bits per heavy atom. The van der Waals surface area contributed by atoms with Crippen molar-refractivity contribution in [3.63, 3.8) is 0 Å². The Hall–Kier alpha value is -2.51. The molecule has 1 atom stereocenters. The molecule has 30 heavy (non-hydrogen) atoms. The molecule has 162 valence electrons. The smallest absolute Gasteiger partial charge is 0.191 e. The van der Waals surface area contributed by atoms with Crippen LogP contribution in [-0.2, 0) is 6.54 Å². The number of aliphatic imine (C=N–C) groups is 1. The number of rotatable bonds is 7. The first kappa shape index (κ1) is 22.2. The molecule has 1 aromatic heterocycles. The molecule has 1 aliphatic rings. The molecule has 0 bridgehead atoms. The number of anilines is 1. The van der Waals surface area contributed by atoms with Crippen LogP contribution >= 0.6 is 11.6 Å². The van der Waals surface area contributed by atoms with Crippen LogP contribution in [0.3, 0.4) is 0 Å². The molecule has 1 saturated heterocycles. The molecule has 1 aromatic carbocycles. The number of pyridine rings is 1. The summed E-state index contributed by atoms with van der Waals surface area (Å²) >= 11 is 5.91. The Balaban J connectivity index is 1.46. The summed E-state index contributed by atoms with van der Waals surface area (Å²) in [6.45, 7) is 7.47. The second-order valence-corrected chi connectivity index (χ2v) is 7.94. The molecule has 7 nitrogen and oxygen atoms in total. The van der Waals surface area contributed by atoms with Gasteiger partial charge in [0.2, 0.25) is 0 Å². The highest BCUT2D eigenvalue weighted by Crippen LogP contribution is 2.17. The first-order chi connectivity index (χ1) is 14.5. The van der Waals surface area contributed by atoms with Crippen LogP contribution in [0.4, 0.5) is 5.82 Å². The zero-order valence-corrected chi connectivity index (χ0v) is 18.7. The molecule has 8 heteroatoms. The fourth-order valence-corrected chi connectivity index (χ4v) is 3.34. The van der Waals surface area contributed by atoms with E-state index < -0.39 is 0 Å². The zero-order chi connectivity index (χ0) is 21.3. The van der Waals surface area contributed by atoms with E-state index in [1.54, 1.807) is 7.05 Å². The van der Waals surface area contributed by atoms with E-state index in [0.717, 1.165) is 43.7 Å². The maximum Gasteiger partial charge on any atom is 0.191 e. The van der Waals surface area contributed by atoms with Crippen molar-refractivity contribution >= 4 is 23.4 Å². The summed E-state index contributed by atoms with van der Waals surface area (Å²) in [5.74, 6) is 2.57. The van der Waals surface area contributed by atoms with Crippen molar-refractivity contribution in [2.45, 2.75) is 19.6 Å². The summed E-state index contributed by atoms with van der Waals surface area (Å²) in [5, 5.41) is 7.37. The van der Waals surface area contributed by atoms with E-state index in [1.807, 2.05) is 43.5 Å². The quantitative estimate of drug-likeness (QED) is 0.520. The second-order valence-electron chi connectivity index (χ2n) is 7.50. The van der Waals surface area contributed by atoms with Gasteiger partial charge in [-0.3, -0.25) is 4.99 Å². The van der Waals surface area contributed by atoms with Crippen molar-refractivity contribution in [1.29, 1.82) is 0 Å². The summed E-state index contributed by atoms with van der Waals surface area (Å²) in [4.78, 5) is 13.5. The predicted octanol–water partition coefficient (Wildman–Crippen LogP) is 2.62. The minimum atomic E-state index is -0.0190. The van der Waals surface area contributed by atoms with Gasteiger partial charge in [0.1, 0.15) is 17.7 Å². The molecule has 2 N–H and O–H groups in total. The van der Waals surface area contributed by atoms with E-state index in [2.05, 4.69) is 43.5 Å². The molecule has 1 unspecified atom stereocenters. The van der Waals surface area contributed by atoms with Crippen molar-refractivity contribution in [3.05, 3.63) is 53.2 Å². The van der Waals surface area contributed by atoms with Crippen molar-refractivity contribution in [3.8, 4) is 5.75 Å². The van der Waals surface area contributed by atoms with Crippen LogP contribution in [0.1, 0.15) is 12.5 Å². The number of likely N-dealkylation sites (N-methyl/N-ethyl adjacent to an activating group) is 1. The van der Waals surface area contributed by atoms with E-state index in [9.17, 15) is 0 Å². The third-order valence-corrected chi connectivity index (χ3v) is 5.28. The number of piperazine rings is 1. The number of guanidine groups is 1. The summed E-state index contributed by atoms with van der Waals surface area (Å²) in [6, 6.07) is 11.6.